The number of aliphatic hydroxyl groups is 1. The number of anilines is 1. The van der Waals surface area contributed by atoms with Crippen molar-refractivity contribution in [2.75, 3.05) is 11.9 Å². The molecular formula is C14H19ClN2O3. The Kier molecular flexibility index (Phi) is 4.50. The molecule has 20 heavy (non-hydrogen) atoms. The standard InChI is InChI=1S/C14H19ClN2O3/c1-10-4-6-14(18,7-5-10)9-16-13-3-2-11(17(19)20)8-12(13)15/h2-3,8,10,16,18H,4-7,9H2,1H3. The first-order valence-electron chi connectivity index (χ1n) is 6.80. The average Bonchev–Trinajstić information content (AvgIpc) is 2.41. The summed E-state index contributed by atoms with van der Waals surface area (Å²) >= 11 is 6.01. The molecule has 0 heterocycles. The maximum atomic E-state index is 10.6. The third-order valence-electron chi connectivity index (χ3n) is 3.98. The molecule has 1 aromatic rings. The number of nitrogens with zero attached hydrogens (tertiary/aromatic N) is 1. The molecule has 5 nitrogen and oxygen atoms in total. The Balaban J connectivity index is 1.99. The Morgan fingerprint density at radius 2 is 2.15 bits per heavy atom. The van der Waals surface area contributed by atoms with E-state index in [4.69, 9.17) is 11.6 Å². The summed E-state index contributed by atoms with van der Waals surface area (Å²) in [5, 5.41) is 24.5. The molecule has 0 aromatic heterocycles. The number of hydrogen-bond acceptors (Lipinski definition) is 4. The van der Waals surface area contributed by atoms with E-state index >= 15 is 0 Å². The number of nitro benzene ring substituents is 1. The van der Waals surface area contributed by atoms with E-state index in [1.54, 1.807) is 6.07 Å². The van der Waals surface area contributed by atoms with Gasteiger partial charge in [-0.1, -0.05) is 18.5 Å². The zero-order chi connectivity index (χ0) is 14.8. The summed E-state index contributed by atoms with van der Waals surface area (Å²) in [6.45, 7) is 2.61. The van der Waals surface area contributed by atoms with Gasteiger partial charge in [-0.25, -0.2) is 0 Å². The van der Waals surface area contributed by atoms with Crippen LogP contribution in [0.2, 0.25) is 5.02 Å². The lowest BCUT2D eigenvalue weighted by molar-refractivity contribution is -0.384. The summed E-state index contributed by atoms with van der Waals surface area (Å²) in [6.07, 6.45) is 3.58. The molecule has 1 aliphatic rings. The molecule has 0 atom stereocenters. The van der Waals surface area contributed by atoms with Crippen molar-refractivity contribution in [2.45, 2.75) is 38.2 Å². The van der Waals surface area contributed by atoms with E-state index in [9.17, 15) is 15.2 Å². The molecule has 1 fully saturated rings. The molecule has 6 heteroatoms. The summed E-state index contributed by atoms with van der Waals surface area (Å²) in [6, 6.07) is 4.30. The molecule has 0 saturated heterocycles. The van der Waals surface area contributed by atoms with Crippen molar-refractivity contribution in [3.63, 3.8) is 0 Å². The number of halogens is 1. The highest BCUT2D eigenvalue weighted by atomic mass is 35.5. The van der Waals surface area contributed by atoms with E-state index in [2.05, 4.69) is 12.2 Å². The van der Waals surface area contributed by atoms with E-state index in [0.717, 1.165) is 25.7 Å². The van der Waals surface area contributed by atoms with Gasteiger partial charge in [0.1, 0.15) is 0 Å². The highest BCUT2D eigenvalue weighted by molar-refractivity contribution is 6.33. The number of nitrogens with one attached hydrogen (secondary N) is 1. The van der Waals surface area contributed by atoms with Crippen molar-refractivity contribution in [1.82, 2.24) is 0 Å². The second-order valence-electron chi connectivity index (χ2n) is 5.68. The molecule has 0 spiro atoms. The van der Waals surface area contributed by atoms with E-state index in [-0.39, 0.29) is 5.69 Å². The summed E-state index contributed by atoms with van der Waals surface area (Å²) in [7, 11) is 0. The summed E-state index contributed by atoms with van der Waals surface area (Å²) < 4.78 is 0. The molecular weight excluding hydrogens is 280 g/mol. The van der Waals surface area contributed by atoms with Crippen LogP contribution >= 0.6 is 11.6 Å². The first kappa shape index (κ1) is 15.1. The van der Waals surface area contributed by atoms with Crippen LogP contribution in [0.5, 0.6) is 0 Å². The molecule has 0 radical (unpaired) electrons. The van der Waals surface area contributed by atoms with E-state index in [1.165, 1.54) is 12.1 Å². The van der Waals surface area contributed by atoms with Crippen LogP contribution in [-0.4, -0.2) is 22.2 Å². The first-order chi connectivity index (χ1) is 9.39. The van der Waals surface area contributed by atoms with Crippen LogP contribution in [0.15, 0.2) is 18.2 Å². The second-order valence-corrected chi connectivity index (χ2v) is 6.09. The molecule has 1 aromatic carbocycles. The molecule has 2 N–H and O–H groups in total. The Labute approximate surface area is 123 Å². The van der Waals surface area contributed by atoms with Crippen molar-refractivity contribution in [1.29, 1.82) is 0 Å². The monoisotopic (exact) mass is 298 g/mol. The van der Waals surface area contributed by atoms with Crippen molar-refractivity contribution >= 4 is 23.0 Å². The maximum Gasteiger partial charge on any atom is 0.271 e. The predicted octanol–water partition coefficient (Wildman–Crippen LogP) is 3.60. The lowest BCUT2D eigenvalue weighted by Crippen LogP contribution is -2.40. The minimum atomic E-state index is -0.711. The van der Waals surface area contributed by atoms with E-state index in [0.29, 0.717) is 23.2 Å². The van der Waals surface area contributed by atoms with Gasteiger partial charge in [0.25, 0.3) is 5.69 Å². The number of rotatable bonds is 4. The van der Waals surface area contributed by atoms with Crippen molar-refractivity contribution < 1.29 is 10.0 Å². The minimum Gasteiger partial charge on any atom is -0.388 e. The average molecular weight is 299 g/mol. The number of hydrogen-bond donors (Lipinski definition) is 2. The third-order valence-corrected chi connectivity index (χ3v) is 4.29. The minimum absolute atomic E-state index is 0.0363. The molecule has 1 saturated carbocycles. The SMILES string of the molecule is CC1CCC(O)(CNc2ccc([N+](=O)[O-])cc2Cl)CC1. The fraction of sp³-hybridized carbons (Fsp3) is 0.571. The van der Waals surface area contributed by atoms with E-state index < -0.39 is 10.5 Å². The van der Waals surface area contributed by atoms with Gasteiger partial charge in [-0.05, 0) is 37.7 Å². The fourth-order valence-corrected chi connectivity index (χ4v) is 2.74. The zero-order valence-corrected chi connectivity index (χ0v) is 12.2. The number of nitro groups is 1. The summed E-state index contributed by atoms with van der Waals surface area (Å²) in [5.74, 6) is 0.665. The van der Waals surface area contributed by atoms with Crippen LogP contribution in [0.25, 0.3) is 0 Å². The molecule has 110 valence electrons. The van der Waals surface area contributed by atoms with Gasteiger partial charge in [-0.2, -0.15) is 0 Å². The summed E-state index contributed by atoms with van der Waals surface area (Å²) in [5.41, 5.74) is -0.132. The van der Waals surface area contributed by atoms with Crippen LogP contribution < -0.4 is 5.32 Å². The van der Waals surface area contributed by atoms with Gasteiger partial charge in [0, 0.05) is 18.7 Å². The Morgan fingerprint density at radius 1 is 1.50 bits per heavy atom. The molecule has 0 unspecified atom stereocenters. The van der Waals surface area contributed by atoms with Gasteiger partial charge >= 0.3 is 0 Å². The number of benzene rings is 1. The highest BCUT2D eigenvalue weighted by Gasteiger charge is 2.31. The fourth-order valence-electron chi connectivity index (χ4n) is 2.50. The van der Waals surface area contributed by atoms with Crippen LogP contribution in [0.4, 0.5) is 11.4 Å². The van der Waals surface area contributed by atoms with Crippen LogP contribution in [0.1, 0.15) is 32.6 Å². The Hall–Kier alpha value is -1.33. The summed E-state index contributed by atoms with van der Waals surface area (Å²) in [4.78, 5) is 10.2. The Bertz CT molecular complexity index is 499. The van der Waals surface area contributed by atoms with Gasteiger partial charge in [0.2, 0.25) is 0 Å². The van der Waals surface area contributed by atoms with Gasteiger partial charge < -0.3 is 10.4 Å². The van der Waals surface area contributed by atoms with Crippen molar-refractivity contribution in [2.24, 2.45) is 5.92 Å². The van der Waals surface area contributed by atoms with Gasteiger partial charge in [0.05, 0.1) is 21.2 Å². The normalized spacial score (nSPS) is 26.2. The Morgan fingerprint density at radius 3 is 2.70 bits per heavy atom. The molecule has 1 aliphatic carbocycles. The first-order valence-corrected chi connectivity index (χ1v) is 7.18. The maximum absolute atomic E-state index is 10.6. The van der Waals surface area contributed by atoms with Crippen molar-refractivity contribution in [3.05, 3.63) is 33.3 Å². The lowest BCUT2D eigenvalue weighted by Gasteiger charge is -2.35. The van der Waals surface area contributed by atoms with E-state index in [1.807, 2.05) is 0 Å². The topological polar surface area (TPSA) is 75.4 Å². The van der Waals surface area contributed by atoms with Crippen LogP contribution in [0, 0.1) is 16.0 Å². The highest BCUT2D eigenvalue weighted by Crippen LogP contribution is 2.33. The van der Waals surface area contributed by atoms with Crippen LogP contribution in [-0.2, 0) is 0 Å². The third kappa shape index (κ3) is 3.61. The molecule has 0 bridgehead atoms. The van der Waals surface area contributed by atoms with Gasteiger partial charge in [-0.3, -0.25) is 10.1 Å². The van der Waals surface area contributed by atoms with Crippen LogP contribution in [0.3, 0.4) is 0 Å². The second kappa shape index (κ2) is 5.97. The quantitative estimate of drug-likeness (QED) is 0.658. The smallest absolute Gasteiger partial charge is 0.271 e. The lowest BCUT2D eigenvalue weighted by atomic mass is 9.79. The molecule has 0 amide bonds. The molecule has 0 aliphatic heterocycles. The van der Waals surface area contributed by atoms with Gasteiger partial charge in [-0.15, -0.1) is 0 Å². The largest absolute Gasteiger partial charge is 0.388 e. The van der Waals surface area contributed by atoms with Gasteiger partial charge in [0.15, 0.2) is 0 Å². The number of non-ortho nitro benzene ring substituents is 1. The predicted molar refractivity (Wildman–Crippen MR) is 79.2 cm³/mol. The van der Waals surface area contributed by atoms with Crippen molar-refractivity contribution in [3.8, 4) is 0 Å². The molecule has 2 rings (SSSR count). The zero-order valence-electron chi connectivity index (χ0n) is 11.4.